The number of aromatic hydroxyl groups is 1. The third-order valence-electron chi connectivity index (χ3n) is 3.22. The van der Waals surface area contributed by atoms with Crippen molar-refractivity contribution in [2.24, 2.45) is 0 Å². The molecule has 0 spiro atoms. The van der Waals surface area contributed by atoms with Crippen molar-refractivity contribution >= 4 is 5.97 Å². The molecule has 0 amide bonds. The van der Waals surface area contributed by atoms with Crippen molar-refractivity contribution < 1.29 is 23.8 Å². The van der Waals surface area contributed by atoms with Crippen LogP contribution in [-0.2, 0) is 17.8 Å². The molecular formula is C16H15F2NO3. The second kappa shape index (κ2) is 7.00. The molecule has 0 aliphatic carbocycles. The molecule has 0 radical (unpaired) electrons. The van der Waals surface area contributed by atoms with Gasteiger partial charge in [-0.1, -0.05) is 12.1 Å². The zero-order valence-electron chi connectivity index (χ0n) is 11.6. The van der Waals surface area contributed by atoms with Crippen LogP contribution in [0.15, 0.2) is 42.5 Å². The van der Waals surface area contributed by atoms with Crippen LogP contribution in [0.1, 0.15) is 11.1 Å². The second-order valence-electron chi connectivity index (χ2n) is 4.88. The number of hydrogen-bond donors (Lipinski definition) is 3. The maximum Gasteiger partial charge on any atom is 0.321 e. The number of halogens is 2. The zero-order chi connectivity index (χ0) is 16.1. The van der Waals surface area contributed by atoms with Crippen molar-refractivity contribution in [3.8, 4) is 5.75 Å². The van der Waals surface area contributed by atoms with Gasteiger partial charge in [-0.25, -0.2) is 8.78 Å². The number of phenols is 1. The average Bonchev–Trinajstić information content (AvgIpc) is 2.48. The van der Waals surface area contributed by atoms with Crippen LogP contribution in [0.2, 0.25) is 0 Å². The Balaban J connectivity index is 2.04. The smallest absolute Gasteiger partial charge is 0.321 e. The summed E-state index contributed by atoms with van der Waals surface area (Å²) in [7, 11) is 0. The minimum atomic E-state index is -1.09. The van der Waals surface area contributed by atoms with Gasteiger partial charge in [0.15, 0.2) is 0 Å². The average molecular weight is 307 g/mol. The van der Waals surface area contributed by atoms with E-state index in [9.17, 15) is 23.8 Å². The molecule has 2 aromatic carbocycles. The van der Waals surface area contributed by atoms with Crippen molar-refractivity contribution in [3.05, 3.63) is 65.2 Å². The number of carboxylic acid groups (broad SMARTS) is 1. The van der Waals surface area contributed by atoms with Crippen molar-refractivity contribution in [3.63, 3.8) is 0 Å². The molecule has 0 saturated carbocycles. The molecule has 0 heterocycles. The van der Waals surface area contributed by atoms with Crippen LogP contribution in [0.5, 0.6) is 5.75 Å². The summed E-state index contributed by atoms with van der Waals surface area (Å²) in [5.41, 5.74) is 0.773. The normalized spacial score (nSPS) is 12.1. The van der Waals surface area contributed by atoms with E-state index in [-0.39, 0.29) is 24.3 Å². The summed E-state index contributed by atoms with van der Waals surface area (Å²) in [6.07, 6.45) is 0.159. The van der Waals surface area contributed by atoms with Gasteiger partial charge in [0.05, 0.1) is 0 Å². The fourth-order valence-corrected chi connectivity index (χ4v) is 2.03. The van der Waals surface area contributed by atoms with Crippen LogP contribution in [0.4, 0.5) is 8.78 Å². The highest BCUT2D eigenvalue weighted by Gasteiger charge is 2.18. The number of carboxylic acids is 1. The maximum absolute atomic E-state index is 13.5. The van der Waals surface area contributed by atoms with Crippen molar-refractivity contribution in [2.45, 2.75) is 19.0 Å². The molecule has 1 atom stereocenters. The van der Waals surface area contributed by atoms with Crippen molar-refractivity contribution in [2.75, 3.05) is 0 Å². The topological polar surface area (TPSA) is 69.6 Å². The van der Waals surface area contributed by atoms with Crippen LogP contribution >= 0.6 is 0 Å². The van der Waals surface area contributed by atoms with E-state index in [2.05, 4.69) is 5.32 Å². The van der Waals surface area contributed by atoms with Crippen LogP contribution in [-0.4, -0.2) is 22.2 Å². The Bertz CT molecular complexity index is 659. The maximum atomic E-state index is 13.5. The number of rotatable bonds is 6. The Kier molecular flexibility index (Phi) is 5.06. The van der Waals surface area contributed by atoms with E-state index in [4.69, 9.17) is 0 Å². The predicted molar refractivity (Wildman–Crippen MR) is 76.4 cm³/mol. The van der Waals surface area contributed by atoms with E-state index in [1.807, 2.05) is 0 Å². The summed E-state index contributed by atoms with van der Waals surface area (Å²) >= 11 is 0. The molecule has 2 rings (SSSR count). The molecule has 0 unspecified atom stereocenters. The summed E-state index contributed by atoms with van der Waals surface area (Å²) < 4.78 is 26.6. The lowest BCUT2D eigenvalue weighted by atomic mass is 10.1. The molecule has 4 nitrogen and oxygen atoms in total. The lowest BCUT2D eigenvalue weighted by Gasteiger charge is -2.15. The molecule has 0 aromatic heterocycles. The highest BCUT2D eigenvalue weighted by atomic mass is 19.1. The summed E-state index contributed by atoms with van der Waals surface area (Å²) in [5, 5.41) is 21.1. The van der Waals surface area contributed by atoms with Crippen LogP contribution in [0, 0.1) is 11.6 Å². The molecule has 0 fully saturated rings. The van der Waals surface area contributed by atoms with Crippen LogP contribution in [0.25, 0.3) is 0 Å². The highest BCUT2D eigenvalue weighted by molar-refractivity contribution is 5.73. The van der Waals surface area contributed by atoms with Crippen LogP contribution in [0.3, 0.4) is 0 Å². The second-order valence-corrected chi connectivity index (χ2v) is 4.88. The van der Waals surface area contributed by atoms with Gasteiger partial charge in [-0.2, -0.15) is 0 Å². The fraction of sp³-hybridized carbons (Fsp3) is 0.188. The molecule has 0 aliphatic rings. The molecule has 0 bridgehead atoms. The first-order valence-corrected chi connectivity index (χ1v) is 6.63. The van der Waals surface area contributed by atoms with Gasteiger partial charge in [0.2, 0.25) is 0 Å². The van der Waals surface area contributed by atoms with Gasteiger partial charge in [-0.3, -0.25) is 10.1 Å². The zero-order valence-corrected chi connectivity index (χ0v) is 11.6. The monoisotopic (exact) mass is 307 g/mol. The molecular weight excluding hydrogens is 292 g/mol. The lowest BCUT2D eigenvalue weighted by molar-refractivity contribution is -0.139. The summed E-state index contributed by atoms with van der Waals surface area (Å²) in [6, 6.07) is 8.22. The summed E-state index contributed by atoms with van der Waals surface area (Å²) in [4.78, 5) is 11.3. The number of hydrogen-bond acceptors (Lipinski definition) is 3. The predicted octanol–water partition coefficient (Wildman–Crippen LogP) is 2.46. The summed E-state index contributed by atoms with van der Waals surface area (Å²) in [6.45, 7) is -0.0986. The Morgan fingerprint density at radius 2 is 1.82 bits per heavy atom. The van der Waals surface area contributed by atoms with Gasteiger partial charge in [-0.05, 0) is 42.3 Å². The molecule has 22 heavy (non-hydrogen) atoms. The third kappa shape index (κ3) is 4.26. The number of aliphatic carboxylic acids is 1. The van der Waals surface area contributed by atoms with Gasteiger partial charge in [0, 0.05) is 12.1 Å². The first-order chi connectivity index (χ1) is 10.5. The van der Waals surface area contributed by atoms with E-state index in [0.717, 1.165) is 18.2 Å². The van der Waals surface area contributed by atoms with Crippen molar-refractivity contribution in [1.29, 1.82) is 0 Å². The van der Waals surface area contributed by atoms with E-state index >= 15 is 0 Å². The molecule has 2 aromatic rings. The molecule has 3 N–H and O–H groups in total. The Labute approximate surface area is 126 Å². The Morgan fingerprint density at radius 3 is 2.45 bits per heavy atom. The first kappa shape index (κ1) is 15.9. The van der Waals surface area contributed by atoms with Crippen LogP contribution < -0.4 is 5.32 Å². The molecule has 6 heteroatoms. The van der Waals surface area contributed by atoms with Gasteiger partial charge in [0.25, 0.3) is 0 Å². The largest absolute Gasteiger partial charge is 0.508 e. The minimum absolute atomic E-state index is 0.0666. The molecule has 116 valence electrons. The standard InChI is InChI=1S/C16H15F2NO3/c17-12-3-6-14(18)11(8-12)9-19-15(16(21)22)7-10-1-4-13(20)5-2-10/h1-6,8,15,19-20H,7,9H2,(H,21,22)/t15-/m0/s1. The molecule has 0 aliphatic heterocycles. The summed E-state index contributed by atoms with van der Waals surface area (Å²) in [5.74, 6) is -2.18. The minimum Gasteiger partial charge on any atom is -0.508 e. The number of carbonyl (C=O) groups is 1. The Morgan fingerprint density at radius 1 is 1.14 bits per heavy atom. The Hall–Kier alpha value is -2.47. The van der Waals surface area contributed by atoms with Gasteiger partial charge in [-0.15, -0.1) is 0 Å². The van der Waals surface area contributed by atoms with E-state index in [0.29, 0.717) is 5.56 Å². The van der Waals surface area contributed by atoms with Crippen molar-refractivity contribution in [1.82, 2.24) is 5.32 Å². The number of phenolic OH excluding ortho intramolecular Hbond substituents is 1. The first-order valence-electron chi connectivity index (χ1n) is 6.63. The third-order valence-corrected chi connectivity index (χ3v) is 3.22. The quantitative estimate of drug-likeness (QED) is 0.767. The van der Waals surface area contributed by atoms with E-state index < -0.39 is 23.6 Å². The lowest BCUT2D eigenvalue weighted by Crippen LogP contribution is -2.38. The SMILES string of the molecule is O=C(O)[C@H](Cc1ccc(O)cc1)NCc1cc(F)ccc1F. The van der Waals surface area contributed by atoms with E-state index in [1.165, 1.54) is 12.1 Å². The number of benzene rings is 2. The van der Waals surface area contributed by atoms with Gasteiger partial charge < -0.3 is 10.2 Å². The van der Waals surface area contributed by atoms with Gasteiger partial charge in [0.1, 0.15) is 23.4 Å². The van der Waals surface area contributed by atoms with E-state index in [1.54, 1.807) is 12.1 Å². The highest BCUT2D eigenvalue weighted by Crippen LogP contribution is 2.13. The molecule has 0 saturated heterocycles. The van der Waals surface area contributed by atoms with Gasteiger partial charge >= 0.3 is 5.97 Å². The fourth-order valence-electron chi connectivity index (χ4n) is 2.03. The number of nitrogens with one attached hydrogen (secondary N) is 1.